The van der Waals surface area contributed by atoms with Gasteiger partial charge in [0.2, 0.25) is 0 Å². The summed E-state index contributed by atoms with van der Waals surface area (Å²) in [5.74, 6) is 6.94. The molecule has 0 bridgehead atoms. The van der Waals surface area contributed by atoms with E-state index >= 15 is 0 Å². The molecule has 4 nitrogen and oxygen atoms in total. The van der Waals surface area contributed by atoms with Crippen LogP contribution in [0.2, 0.25) is 5.04 Å². The average molecular weight is 593 g/mol. The fraction of sp³-hybridized carbons (Fsp3) is 0.447. The summed E-state index contributed by atoms with van der Waals surface area (Å²) in [5.41, 5.74) is 7.30. The Morgan fingerprint density at radius 3 is 2.23 bits per heavy atom. The first-order valence-corrected chi connectivity index (χ1v) is 17.6. The van der Waals surface area contributed by atoms with Crippen LogP contribution in [0.1, 0.15) is 80.2 Å². The van der Waals surface area contributed by atoms with E-state index in [0.29, 0.717) is 0 Å². The third kappa shape index (κ3) is 4.93. The normalized spacial score (nSPS) is 28.5. The standard InChI is InChI=1S/C38H46N2O2Si/c1-27(2)17-18-29-19-20-30-25-37(38(33(30)23-29)26-41-35(39)40-38)22-21-34(28(3)24-37)42-43(36(4,5)6,31-13-9-7-10-14-31)32-15-11-8-12-16-32/h7-16,19-20,23,27-28,34H,21-22,24-26H2,1-6H3,(H2,39,40)/t28-,34-,37-,38?/m1/s1/i26D2. The van der Waals surface area contributed by atoms with Gasteiger partial charge in [-0.25, -0.2) is 4.99 Å². The number of nitrogens with two attached hydrogens (primary N) is 1. The summed E-state index contributed by atoms with van der Waals surface area (Å²) in [6.45, 7) is 11.3. The van der Waals surface area contributed by atoms with E-state index in [-0.39, 0.29) is 29.0 Å². The van der Waals surface area contributed by atoms with Crippen LogP contribution in [0.25, 0.3) is 0 Å². The molecule has 0 aromatic heterocycles. The molecule has 1 aliphatic heterocycles. The number of benzene rings is 3. The smallest absolute Gasteiger partial charge is 0.283 e. The molecule has 1 saturated carbocycles. The summed E-state index contributed by atoms with van der Waals surface area (Å²) in [6.07, 6.45) is 3.02. The number of ether oxygens (including phenoxy) is 1. The summed E-state index contributed by atoms with van der Waals surface area (Å²) in [6, 6.07) is 27.7. The Morgan fingerprint density at radius 2 is 1.70 bits per heavy atom. The number of amidine groups is 1. The molecule has 0 saturated heterocycles. The van der Waals surface area contributed by atoms with E-state index < -0.39 is 25.8 Å². The van der Waals surface area contributed by atoms with Gasteiger partial charge in [-0.2, -0.15) is 0 Å². The van der Waals surface area contributed by atoms with E-state index in [4.69, 9.17) is 19.9 Å². The predicted octanol–water partition coefficient (Wildman–Crippen LogP) is 6.54. The molecule has 43 heavy (non-hydrogen) atoms. The van der Waals surface area contributed by atoms with Gasteiger partial charge in [0.15, 0.2) is 0 Å². The SMILES string of the molecule is [2H]C1([2H])OC(N)=NC12c1cc(C#CC(C)C)ccc1C[C@]21CC[C@@H](O[Si](c2ccccc2)(c2ccccc2)C(C)(C)C)[C@H](C)C1. The van der Waals surface area contributed by atoms with E-state index in [1.807, 2.05) is 6.07 Å². The minimum Gasteiger partial charge on any atom is -0.462 e. The molecule has 3 aliphatic rings. The lowest BCUT2D eigenvalue weighted by Gasteiger charge is -2.52. The highest BCUT2D eigenvalue weighted by Crippen LogP contribution is 2.62. The molecule has 2 aliphatic carbocycles. The fourth-order valence-electron chi connectivity index (χ4n) is 7.97. The van der Waals surface area contributed by atoms with Crippen molar-refractivity contribution in [2.75, 3.05) is 6.56 Å². The molecule has 5 heteroatoms. The lowest BCUT2D eigenvalue weighted by molar-refractivity contribution is -0.0187. The van der Waals surface area contributed by atoms with Crippen LogP contribution in [0.15, 0.2) is 83.9 Å². The minimum absolute atomic E-state index is 0.00433. The summed E-state index contributed by atoms with van der Waals surface area (Å²) in [5, 5.41) is 2.42. The van der Waals surface area contributed by atoms with Crippen LogP contribution < -0.4 is 16.1 Å². The number of nitrogens with zero attached hydrogens (tertiary/aromatic N) is 1. The molecule has 3 aromatic rings. The van der Waals surface area contributed by atoms with Crippen LogP contribution in [0, 0.1) is 29.1 Å². The molecule has 1 heterocycles. The van der Waals surface area contributed by atoms with Crippen LogP contribution in [-0.2, 0) is 21.1 Å². The predicted molar refractivity (Wildman–Crippen MR) is 179 cm³/mol. The Balaban J connectivity index is 1.41. The van der Waals surface area contributed by atoms with Crippen molar-refractivity contribution >= 4 is 24.7 Å². The van der Waals surface area contributed by atoms with Crippen LogP contribution in [-0.4, -0.2) is 27.0 Å². The van der Waals surface area contributed by atoms with Gasteiger partial charge < -0.3 is 14.9 Å². The number of hydrogen-bond acceptors (Lipinski definition) is 4. The molecule has 0 radical (unpaired) electrons. The summed E-state index contributed by atoms with van der Waals surface area (Å²) in [4.78, 5) is 4.91. The lowest BCUT2D eigenvalue weighted by atomic mass is 9.59. The largest absolute Gasteiger partial charge is 0.462 e. The minimum atomic E-state index is -2.76. The van der Waals surface area contributed by atoms with Gasteiger partial charge >= 0.3 is 0 Å². The second-order valence-electron chi connectivity index (χ2n) is 14.2. The Labute approximate surface area is 262 Å². The van der Waals surface area contributed by atoms with Gasteiger partial charge in [-0.3, -0.25) is 0 Å². The number of aliphatic imine (C=N–C) groups is 1. The van der Waals surface area contributed by atoms with E-state index in [0.717, 1.165) is 42.4 Å². The molecule has 2 N–H and O–H groups in total. The zero-order chi connectivity index (χ0) is 32.3. The molecule has 2 spiro atoms. The summed E-state index contributed by atoms with van der Waals surface area (Å²) >= 11 is 0. The van der Waals surface area contributed by atoms with Crippen molar-refractivity contribution in [2.24, 2.45) is 28.0 Å². The fourth-order valence-corrected chi connectivity index (χ4v) is 12.8. The monoisotopic (exact) mass is 592 g/mol. The zero-order valence-electron chi connectivity index (χ0n) is 28.4. The highest BCUT2D eigenvalue weighted by Gasteiger charge is 2.63. The maximum Gasteiger partial charge on any atom is 0.283 e. The van der Waals surface area contributed by atoms with Gasteiger partial charge in [-0.15, -0.1) is 0 Å². The van der Waals surface area contributed by atoms with Crippen molar-refractivity contribution in [3.8, 4) is 11.8 Å². The van der Waals surface area contributed by atoms with E-state index in [1.54, 1.807) is 0 Å². The van der Waals surface area contributed by atoms with Crippen molar-refractivity contribution in [1.82, 2.24) is 0 Å². The van der Waals surface area contributed by atoms with Crippen LogP contribution in [0.5, 0.6) is 0 Å². The quantitative estimate of drug-likeness (QED) is 0.276. The molecule has 0 amide bonds. The molecule has 224 valence electrons. The second kappa shape index (κ2) is 11.0. The van der Waals surface area contributed by atoms with Crippen molar-refractivity contribution < 1.29 is 11.9 Å². The number of fused-ring (bicyclic) bond motifs is 3. The van der Waals surface area contributed by atoms with Crippen LogP contribution in [0.3, 0.4) is 0 Å². The first-order chi connectivity index (χ1) is 21.2. The average Bonchev–Trinajstić information content (AvgIpc) is 3.40. The molecule has 1 fully saturated rings. The maximum atomic E-state index is 9.25. The molecule has 1 unspecified atom stereocenters. The van der Waals surface area contributed by atoms with Gasteiger partial charge in [-0.1, -0.05) is 120 Å². The molecular formula is C38H46N2O2Si. The molecule has 6 rings (SSSR count). The van der Waals surface area contributed by atoms with Gasteiger partial charge in [0.25, 0.3) is 14.3 Å². The van der Waals surface area contributed by atoms with Crippen molar-refractivity contribution in [3.05, 3.63) is 95.6 Å². The first-order valence-electron chi connectivity index (χ1n) is 16.7. The van der Waals surface area contributed by atoms with Crippen LogP contribution in [0.4, 0.5) is 0 Å². The van der Waals surface area contributed by atoms with Crippen molar-refractivity contribution in [1.29, 1.82) is 0 Å². The first kappa shape index (κ1) is 27.2. The third-order valence-electron chi connectivity index (χ3n) is 9.88. The summed E-state index contributed by atoms with van der Waals surface area (Å²) in [7, 11) is -2.76. The lowest BCUT2D eigenvalue weighted by Crippen LogP contribution is -2.68. The van der Waals surface area contributed by atoms with E-state index in [9.17, 15) is 2.74 Å². The Kier molecular flexibility index (Phi) is 6.96. The second-order valence-corrected chi connectivity index (χ2v) is 18.4. The van der Waals surface area contributed by atoms with E-state index in [2.05, 4.69) is 126 Å². The Morgan fingerprint density at radius 1 is 1.05 bits per heavy atom. The molecular weight excluding hydrogens is 545 g/mol. The van der Waals surface area contributed by atoms with Gasteiger partial charge in [0.1, 0.15) is 12.1 Å². The topological polar surface area (TPSA) is 56.8 Å². The highest BCUT2D eigenvalue weighted by atomic mass is 28.4. The highest BCUT2D eigenvalue weighted by molar-refractivity contribution is 6.99. The van der Waals surface area contributed by atoms with Crippen molar-refractivity contribution in [3.63, 3.8) is 0 Å². The Bertz CT molecular complexity index is 1620. The van der Waals surface area contributed by atoms with Gasteiger partial charge in [0, 0.05) is 23.0 Å². The van der Waals surface area contributed by atoms with Crippen molar-refractivity contribution in [2.45, 2.75) is 83.9 Å². The number of rotatable bonds is 4. The van der Waals surface area contributed by atoms with Gasteiger partial charge in [0.05, 0.1) is 2.74 Å². The molecule has 4 atom stereocenters. The molecule has 3 aromatic carbocycles. The maximum absolute atomic E-state index is 9.25. The Hall–Kier alpha value is -3.33. The van der Waals surface area contributed by atoms with Crippen LogP contribution >= 0.6 is 0 Å². The van der Waals surface area contributed by atoms with E-state index in [1.165, 1.54) is 10.4 Å². The van der Waals surface area contributed by atoms with Gasteiger partial charge in [-0.05, 0) is 70.3 Å². The number of hydrogen-bond donors (Lipinski definition) is 1. The third-order valence-corrected chi connectivity index (χ3v) is 14.9. The summed E-state index contributed by atoms with van der Waals surface area (Å²) < 4.78 is 31.9. The zero-order valence-corrected chi connectivity index (χ0v) is 27.4.